The summed E-state index contributed by atoms with van der Waals surface area (Å²) in [7, 11) is -3.30. The Morgan fingerprint density at radius 2 is 2.04 bits per heavy atom. The Morgan fingerprint density at radius 1 is 1.35 bits per heavy atom. The lowest BCUT2D eigenvalue weighted by molar-refractivity contribution is -0.120. The number of piperidine rings is 1. The highest BCUT2D eigenvalue weighted by Gasteiger charge is 2.31. The van der Waals surface area contributed by atoms with Crippen molar-refractivity contribution in [2.75, 3.05) is 24.2 Å². The zero-order chi connectivity index (χ0) is 17.0. The number of rotatable bonds is 5. The zero-order valence-corrected chi connectivity index (χ0v) is 13.8. The van der Waals surface area contributed by atoms with Crippen LogP contribution >= 0.6 is 0 Å². The first kappa shape index (κ1) is 17.4. The number of nitrogens with two attached hydrogens (primary N) is 1. The number of primary amides is 1. The highest BCUT2D eigenvalue weighted by atomic mass is 32.2. The van der Waals surface area contributed by atoms with Gasteiger partial charge in [-0.05, 0) is 31.9 Å². The second kappa shape index (κ2) is 7.10. The summed E-state index contributed by atoms with van der Waals surface area (Å²) >= 11 is 0. The number of hydrogen-bond acceptors (Lipinski definition) is 4. The van der Waals surface area contributed by atoms with E-state index in [-0.39, 0.29) is 23.8 Å². The molecule has 8 heteroatoms. The van der Waals surface area contributed by atoms with Crippen molar-refractivity contribution in [3.8, 4) is 0 Å². The molecule has 126 valence electrons. The first-order valence-electron chi connectivity index (χ1n) is 7.52. The number of hydrogen-bond donors (Lipinski definition) is 2. The quantitative estimate of drug-likeness (QED) is 0.826. The van der Waals surface area contributed by atoms with Crippen molar-refractivity contribution in [2.45, 2.75) is 19.8 Å². The molecule has 7 nitrogen and oxygen atoms in total. The number of nitrogens with zero attached hydrogens (tertiary/aromatic N) is 1. The van der Waals surface area contributed by atoms with E-state index in [1.807, 2.05) is 0 Å². The molecule has 0 radical (unpaired) electrons. The number of para-hydroxylation sites is 1. The van der Waals surface area contributed by atoms with Crippen molar-refractivity contribution in [2.24, 2.45) is 11.7 Å². The van der Waals surface area contributed by atoms with E-state index in [9.17, 15) is 18.0 Å². The minimum atomic E-state index is -3.30. The van der Waals surface area contributed by atoms with E-state index in [1.54, 1.807) is 25.1 Å². The predicted molar refractivity (Wildman–Crippen MR) is 87.3 cm³/mol. The Hall–Kier alpha value is -1.93. The number of carbonyl (C=O) groups excluding carboxylic acids is 2. The van der Waals surface area contributed by atoms with Crippen molar-refractivity contribution in [1.29, 1.82) is 0 Å². The van der Waals surface area contributed by atoms with Crippen LogP contribution in [0, 0.1) is 5.92 Å². The predicted octanol–water partition coefficient (Wildman–Crippen LogP) is 0.786. The van der Waals surface area contributed by atoms with Gasteiger partial charge in [-0.25, -0.2) is 12.7 Å². The van der Waals surface area contributed by atoms with Crippen LogP contribution in [-0.4, -0.2) is 43.4 Å². The first-order chi connectivity index (χ1) is 10.8. The van der Waals surface area contributed by atoms with Gasteiger partial charge in [-0.15, -0.1) is 0 Å². The van der Waals surface area contributed by atoms with Gasteiger partial charge in [0.2, 0.25) is 15.9 Å². The van der Waals surface area contributed by atoms with E-state index in [4.69, 9.17) is 5.73 Å². The second-order valence-electron chi connectivity index (χ2n) is 5.50. The lowest BCUT2D eigenvalue weighted by atomic mass is 9.98. The molecule has 1 aromatic rings. The third kappa shape index (κ3) is 4.08. The van der Waals surface area contributed by atoms with Gasteiger partial charge in [0.25, 0.3) is 5.91 Å². The van der Waals surface area contributed by atoms with E-state index in [2.05, 4.69) is 5.32 Å². The molecule has 1 aliphatic heterocycles. The summed E-state index contributed by atoms with van der Waals surface area (Å²) < 4.78 is 25.3. The average molecular weight is 339 g/mol. The van der Waals surface area contributed by atoms with Gasteiger partial charge >= 0.3 is 0 Å². The summed E-state index contributed by atoms with van der Waals surface area (Å²) in [4.78, 5) is 23.8. The Bertz CT molecular complexity index is 702. The normalized spacial score (nSPS) is 19.3. The summed E-state index contributed by atoms with van der Waals surface area (Å²) in [5, 5.41) is 2.69. The van der Waals surface area contributed by atoms with Crippen LogP contribution in [0.2, 0.25) is 0 Å². The van der Waals surface area contributed by atoms with Crippen LogP contribution < -0.4 is 11.1 Å². The molecule has 1 atom stereocenters. The topological polar surface area (TPSA) is 110 Å². The lowest BCUT2D eigenvalue weighted by Gasteiger charge is -2.31. The molecular weight excluding hydrogens is 318 g/mol. The van der Waals surface area contributed by atoms with Crippen molar-refractivity contribution < 1.29 is 18.0 Å². The van der Waals surface area contributed by atoms with Crippen LogP contribution in [0.25, 0.3) is 0 Å². The summed E-state index contributed by atoms with van der Waals surface area (Å²) in [6.45, 7) is 2.20. The number of nitrogens with one attached hydrogen (secondary N) is 1. The molecule has 0 bridgehead atoms. The Kier molecular flexibility index (Phi) is 5.38. The molecule has 0 spiro atoms. The van der Waals surface area contributed by atoms with Crippen molar-refractivity contribution in [3.05, 3.63) is 29.8 Å². The van der Waals surface area contributed by atoms with Crippen molar-refractivity contribution >= 4 is 27.5 Å². The molecule has 0 saturated carbocycles. The third-order valence-corrected chi connectivity index (χ3v) is 5.81. The smallest absolute Gasteiger partial charge is 0.250 e. The molecule has 0 aliphatic carbocycles. The van der Waals surface area contributed by atoms with Crippen molar-refractivity contribution in [3.63, 3.8) is 0 Å². The Labute approximate surface area is 135 Å². The van der Waals surface area contributed by atoms with E-state index >= 15 is 0 Å². The Balaban J connectivity index is 2.11. The van der Waals surface area contributed by atoms with Crippen LogP contribution in [0.3, 0.4) is 0 Å². The molecule has 0 aromatic heterocycles. The van der Waals surface area contributed by atoms with Crippen LogP contribution in [0.1, 0.15) is 30.1 Å². The summed E-state index contributed by atoms with van der Waals surface area (Å²) in [6.07, 6.45) is 1.25. The third-order valence-electron chi connectivity index (χ3n) is 3.96. The molecule has 1 aromatic carbocycles. The van der Waals surface area contributed by atoms with Crippen LogP contribution in [0.4, 0.5) is 5.69 Å². The Morgan fingerprint density at radius 3 is 2.70 bits per heavy atom. The molecule has 23 heavy (non-hydrogen) atoms. The molecule has 1 fully saturated rings. The monoisotopic (exact) mass is 339 g/mol. The van der Waals surface area contributed by atoms with E-state index in [1.165, 1.54) is 10.4 Å². The molecule has 1 heterocycles. The van der Waals surface area contributed by atoms with Gasteiger partial charge in [-0.2, -0.15) is 0 Å². The van der Waals surface area contributed by atoms with Gasteiger partial charge in [0, 0.05) is 13.1 Å². The van der Waals surface area contributed by atoms with Crippen LogP contribution in [0.5, 0.6) is 0 Å². The highest BCUT2D eigenvalue weighted by Crippen LogP contribution is 2.22. The molecule has 2 rings (SSSR count). The minimum absolute atomic E-state index is 0.0197. The fourth-order valence-electron chi connectivity index (χ4n) is 2.63. The van der Waals surface area contributed by atoms with Crippen molar-refractivity contribution in [1.82, 2.24) is 4.31 Å². The van der Waals surface area contributed by atoms with E-state index < -0.39 is 21.8 Å². The maximum atomic E-state index is 12.4. The first-order valence-corrected chi connectivity index (χ1v) is 9.13. The average Bonchev–Trinajstić information content (AvgIpc) is 2.55. The maximum Gasteiger partial charge on any atom is 0.250 e. The fourth-order valence-corrected chi connectivity index (χ4v) is 3.81. The molecular formula is C15H21N3O4S. The molecule has 3 N–H and O–H groups in total. The molecule has 1 saturated heterocycles. The summed E-state index contributed by atoms with van der Waals surface area (Å²) in [5.74, 6) is -1.34. The summed E-state index contributed by atoms with van der Waals surface area (Å²) in [6, 6.07) is 6.48. The SMILES string of the molecule is CCS(=O)(=O)N1CCC[C@@H](C(=O)Nc2ccccc2C(N)=O)C1. The number of sulfonamides is 1. The standard InChI is InChI=1S/C15H21N3O4S/c1-2-23(21,22)18-9-5-6-11(10-18)15(20)17-13-8-4-3-7-12(13)14(16)19/h3-4,7-8,11H,2,5-6,9-10H2,1H3,(H2,16,19)(H,17,20)/t11-/m1/s1. The second-order valence-corrected chi connectivity index (χ2v) is 7.75. The van der Waals surface area contributed by atoms with Gasteiger partial charge in [-0.3, -0.25) is 9.59 Å². The minimum Gasteiger partial charge on any atom is -0.366 e. The number of benzene rings is 1. The largest absolute Gasteiger partial charge is 0.366 e. The maximum absolute atomic E-state index is 12.4. The van der Waals surface area contributed by atoms with Gasteiger partial charge in [0.15, 0.2) is 0 Å². The van der Waals surface area contributed by atoms with E-state index in [0.717, 1.165) is 0 Å². The number of carbonyl (C=O) groups is 2. The van der Waals surface area contributed by atoms with Gasteiger partial charge in [-0.1, -0.05) is 12.1 Å². The van der Waals surface area contributed by atoms with Crippen LogP contribution in [-0.2, 0) is 14.8 Å². The molecule has 1 aliphatic rings. The van der Waals surface area contributed by atoms with E-state index in [0.29, 0.717) is 25.1 Å². The molecule has 2 amide bonds. The number of anilines is 1. The zero-order valence-electron chi connectivity index (χ0n) is 13.0. The van der Waals surface area contributed by atoms with Gasteiger partial charge < -0.3 is 11.1 Å². The fraction of sp³-hybridized carbons (Fsp3) is 0.467. The lowest BCUT2D eigenvalue weighted by Crippen LogP contribution is -2.44. The van der Waals surface area contributed by atoms with Crippen LogP contribution in [0.15, 0.2) is 24.3 Å². The molecule has 0 unspecified atom stereocenters. The highest BCUT2D eigenvalue weighted by molar-refractivity contribution is 7.89. The number of amides is 2. The van der Waals surface area contributed by atoms with Gasteiger partial charge in [0.1, 0.15) is 0 Å². The summed E-state index contributed by atoms with van der Waals surface area (Å²) in [5.41, 5.74) is 5.87. The van der Waals surface area contributed by atoms with Gasteiger partial charge in [0.05, 0.1) is 22.9 Å².